The van der Waals surface area contributed by atoms with Crippen molar-refractivity contribution in [3.05, 3.63) is 48.0 Å². The molecule has 7 nitrogen and oxygen atoms in total. The first kappa shape index (κ1) is 18.9. The van der Waals surface area contributed by atoms with Crippen molar-refractivity contribution in [1.29, 1.82) is 0 Å². The lowest BCUT2D eigenvalue weighted by molar-refractivity contribution is -0.121. The standard InChI is InChI=1S/C19H21N3O4S/c1-12(22-14-4-2-3-5-17(14)27-10-18(20)23)19(24)21-9-13-6-7-15-16(8-13)26-11-25-15/h2-8,12,22H,9-11H2,1H3,(H2,20,23)(H,21,24). The summed E-state index contributed by atoms with van der Waals surface area (Å²) < 4.78 is 10.6. The van der Waals surface area contributed by atoms with Crippen LogP contribution in [-0.2, 0) is 16.1 Å². The molecule has 0 fully saturated rings. The second kappa shape index (κ2) is 8.68. The van der Waals surface area contributed by atoms with E-state index in [0.717, 1.165) is 16.1 Å². The lowest BCUT2D eigenvalue weighted by atomic mass is 10.2. The van der Waals surface area contributed by atoms with Gasteiger partial charge in [-0.3, -0.25) is 9.59 Å². The molecule has 1 aliphatic rings. The number of anilines is 1. The Bertz CT molecular complexity index is 843. The average molecular weight is 387 g/mol. The minimum Gasteiger partial charge on any atom is -0.454 e. The van der Waals surface area contributed by atoms with Crippen molar-refractivity contribution in [3.8, 4) is 11.5 Å². The van der Waals surface area contributed by atoms with Gasteiger partial charge in [0.2, 0.25) is 18.6 Å². The Balaban J connectivity index is 1.55. The van der Waals surface area contributed by atoms with E-state index in [1.54, 1.807) is 6.92 Å². The monoisotopic (exact) mass is 387 g/mol. The molecule has 0 aromatic heterocycles. The van der Waals surface area contributed by atoms with Crippen LogP contribution in [0.3, 0.4) is 0 Å². The second-order valence-corrected chi connectivity index (χ2v) is 7.04. The van der Waals surface area contributed by atoms with Gasteiger partial charge in [-0.15, -0.1) is 11.8 Å². The molecule has 2 amide bonds. The van der Waals surface area contributed by atoms with Gasteiger partial charge in [0.1, 0.15) is 6.04 Å². The van der Waals surface area contributed by atoms with E-state index in [1.807, 2.05) is 42.5 Å². The van der Waals surface area contributed by atoms with Gasteiger partial charge in [-0.2, -0.15) is 0 Å². The number of amides is 2. The van der Waals surface area contributed by atoms with E-state index in [0.29, 0.717) is 18.0 Å². The van der Waals surface area contributed by atoms with Crippen molar-refractivity contribution < 1.29 is 19.1 Å². The van der Waals surface area contributed by atoms with Crippen molar-refractivity contribution in [2.45, 2.75) is 24.4 Å². The number of primary amides is 1. The molecule has 0 radical (unpaired) electrons. The van der Waals surface area contributed by atoms with Crippen LogP contribution >= 0.6 is 11.8 Å². The van der Waals surface area contributed by atoms with Crippen LogP contribution < -0.4 is 25.8 Å². The summed E-state index contributed by atoms with van der Waals surface area (Å²) in [6.45, 7) is 2.39. The van der Waals surface area contributed by atoms with Gasteiger partial charge in [0.05, 0.1) is 5.75 Å². The van der Waals surface area contributed by atoms with Crippen LogP contribution in [0.15, 0.2) is 47.4 Å². The molecule has 1 unspecified atom stereocenters. The van der Waals surface area contributed by atoms with E-state index in [2.05, 4.69) is 10.6 Å². The number of nitrogens with two attached hydrogens (primary N) is 1. The van der Waals surface area contributed by atoms with E-state index in [1.165, 1.54) is 11.8 Å². The lowest BCUT2D eigenvalue weighted by Crippen LogP contribution is -2.37. The van der Waals surface area contributed by atoms with Crippen LogP contribution in [0, 0.1) is 0 Å². The third-order valence-corrected chi connectivity index (χ3v) is 5.02. The Morgan fingerprint density at radius 3 is 2.78 bits per heavy atom. The summed E-state index contributed by atoms with van der Waals surface area (Å²) in [6.07, 6.45) is 0. The molecule has 27 heavy (non-hydrogen) atoms. The zero-order valence-electron chi connectivity index (χ0n) is 14.9. The minimum atomic E-state index is -0.450. The smallest absolute Gasteiger partial charge is 0.242 e. The highest BCUT2D eigenvalue weighted by atomic mass is 32.2. The molecular weight excluding hydrogens is 366 g/mol. The summed E-state index contributed by atoms with van der Waals surface area (Å²) in [5, 5.41) is 6.08. The molecule has 0 bridgehead atoms. The fourth-order valence-electron chi connectivity index (χ4n) is 2.55. The number of ether oxygens (including phenoxy) is 2. The average Bonchev–Trinajstić information content (AvgIpc) is 3.13. The molecule has 3 rings (SSSR count). The second-order valence-electron chi connectivity index (χ2n) is 6.02. The minimum absolute atomic E-state index is 0.137. The third kappa shape index (κ3) is 5.07. The Labute approximate surface area is 161 Å². The Morgan fingerprint density at radius 1 is 1.19 bits per heavy atom. The van der Waals surface area contributed by atoms with Gasteiger partial charge in [-0.1, -0.05) is 18.2 Å². The van der Waals surface area contributed by atoms with E-state index in [-0.39, 0.29) is 24.4 Å². The maximum Gasteiger partial charge on any atom is 0.242 e. The molecule has 2 aromatic rings. The molecule has 0 saturated carbocycles. The van der Waals surface area contributed by atoms with Crippen LogP contribution in [0.1, 0.15) is 12.5 Å². The predicted molar refractivity (Wildman–Crippen MR) is 104 cm³/mol. The molecule has 2 aromatic carbocycles. The fourth-order valence-corrected chi connectivity index (χ4v) is 3.31. The number of hydrogen-bond donors (Lipinski definition) is 3. The first-order valence-electron chi connectivity index (χ1n) is 8.46. The van der Waals surface area contributed by atoms with Crippen molar-refractivity contribution in [3.63, 3.8) is 0 Å². The number of para-hydroxylation sites is 1. The highest BCUT2D eigenvalue weighted by Crippen LogP contribution is 2.32. The summed E-state index contributed by atoms with van der Waals surface area (Å²) in [4.78, 5) is 24.3. The van der Waals surface area contributed by atoms with Crippen LogP contribution in [0.2, 0.25) is 0 Å². The van der Waals surface area contributed by atoms with Crippen LogP contribution in [0.5, 0.6) is 11.5 Å². The maximum atomic E-state index is 12.4. The first-order chi connectivity index (χ1) is 13.0. The van der Waals surface area contributed by atoms with Gasteiger partial charge in [0, 0.05) is 17.1 Å². The number of nitrogens with one attached hydrogen (secondary N) is 2. The maximum absolute atomic E-state index is 12.4. The number of rotatable bonds is 8. The van der Waals surface area contributed by atoms with E-state index < -0.39 is 6.04 Å². The topological polar surface area (TPSA) is 103 Å². The highest BCUT2D eigenvalue weighted by molar-refractivity contribution is 8.00. The number of benzene rings is 2. The van der Waals surface area contributed by atoms with Gasteiger partial charge >= 0.3 is 0 Å². The molecule has 4 N–H and O–H groups in total. The SMILES string of the molecule is CC(Nc1ccccc1SCC(N)=O)C(=O)NCc1ccc2c(c1)OCO2. The predicted octanol–water partition coefficient (Wildman–Crippen LogP) is 2.11. The van der Waals surface area contributed by atoms with Gasteiger partial charge in [-0.25, -0.2) is 0 Å². The van der Waals surface area contributed by atoms with Crippen LogP contribution in [0.25, 0.3) is 0 Å². The Hall–Kier alpha value is -2.87. The molecule has 1 aliphatic heterocycles. The summed E-state index contributed by atoms with van der Waals surface area (Å²) in [7, 11) is 0. The highest BCUT2D eigenvalue weighted by Gasteiger charge is 2.16. The first-order valence-corrected chi connectivity index (χ1v) is 9.44. The zero-order chi connectivity index (χ0) is 19.2. The van der Waals surface area contributed by atoms with Crippen LogP contribution in [-0.4, -0.2) is 30.4 Å². The van der Waals surface area contributed by atoms with E-state index in [4.69, 9.17) is 15.2 Å². The molecule has 0 aliphatic carbocycles. The van der Waals surface area contributed by atoms with E-state index >= 15 is 0 Å². The van der Waals surface area contributed by atoms with Gasteiger partial charge in [0.15, 0.2) is 11.5 Å². The van der Waals surface area contributed by atoms with Gasteiger partial charge in [-0.05, 0) is 36.8 Å². The van der Waals surface area contributed by atoms with Crippen LogP contribution in [0.4, 0.5) is 5.69 Å². The molecular formula is C19H21N3O4S. The van der Waals surface area contributed by atoms with Gasteiger partial charge in [0.25, 0.3) is 0 Å². The number of thioether (sulfide) groups is 1. The quantitative estimate of drug-likeness (QED) is 0.600. The van der Waals surface area contributed by atoms with Crippen molar-refractivity contribution in [1.82, 2.24) is 5.32 Å². The molecule has 1 atom stereocenters. The molecule has 1 heterocycles. The summed E-state index contributed by atoms with van der Waals surface area (Å²) in [5.41, 5.74) is 6.92. The Kier molecular flexibility index (Phi) is 6.08. The zero-order valence-corrected chi connectivity index (χ0v) is 15.7. The largest absolute Gasteiger partial charge is 0.454 e. The number of fused-ring (bicyclic) bond motifs is 1. The number of carbonyl (C=O) groups excluding carboxylic acids is 2. The molecule has 0 saturated heterocycles. The molecule has 142 valence electrons. The normalized spacial score (nSPS) is 13.1. The fraction of sp³-hybridized carbons (Fsp3) is 0.263. The van der Waals surface area contributed by atoms with Crippen molar-refractivity contribution in [2.24, 2.45) is 5.73 Å². The third-order valence-electron chi connectivity index (χ3n) is 3.93. The molecule has 8 heteroatoms. The summed E-state index contributed by atoms with van der Waals surface area (Å²) >= 11 is 1.34. The summed E-state index contributed by atoms with van der Waals surface area (Å²) in [5.74, 6) is 1.06. The van der Waals surface area contributed by atoms with Gasteiger partial charge < -0.3 is 25.8 Å². The van der Waals surface area contributed by atoms with E-state index in [9.17, 15) is 9.59 Å². The van der Waals surface area contributed by atoms with Crippen molar-refractivity contribution in [2.75, 3.05) is 17.9 Å². The summed E-state index contributed by atoms with van der Waals surface area (Å²) in [6, 6.07) is 12.6. The Morgan fingerprint density at radius 2 is 1.96 bits per heavy atom. The lowest BCUT2D eigenvalue weighted by Gasteiger charge is -2.17. The van der Waals surface area contributed by atoms with Crippen molar-refractivity contribution >= 4 is 29.3 Å². The number of carbonyl (C=O) groups is 2. The number of hydrogen-bond acceptors (Lipinski definition) is 6. The molecule has 0 spiro atoms.